The molecule has 52 heavy (non-hydrogen) atoms. The monoisotopic (exact) mass is 736 g/mol. The number of likely N-dealkylation sites (tertiary alicyclic amines) is 2. The second kappa shape index (κ2) is 17.1. The smallest absolute Gasteiger partial charge is 0.256 e. The number of anilines is 2. The molecule has 2 aliphatic rings. The first-order valence-corrected chi connectivity index (χ1v) is 21.2. The molecule has 286 valence electrons. The number of nitrogens with two attached hydrogens (primary N) is 2. The quantitative estimate of drug-likeness (QED) is 0.0778. The zero-order valence-electron chi connectivity index (χ0n) is 32.6. The second-order valence-corrected chi connectivity index (χ2v) is 20.3. The Bertz CT molecular complexity index is 1640. The Hall–Kier alpha value is -4.16. The van der Waals surface area contributed by atoms with Crippen molar-refractivity contribution < 1.29 is 33.0 Å². The van der Waals surface area contributed by atoms with Gasteiger partial charge < -0.3 is 44.6 Å². The number of benzene rings is 2. The first-order chi connectivity index (χ1) is 24.5. The van der Waals surface area contributed by atoms with Gasteiger partial charge in [0.15, 0.2) is 31.3 Å². The van der Waals surface area contributed by atoms with E-state index in [1.165, 1.54) is 0 Å². The van der Waals surface area contributed by atoms with E-state index >= 15 is 0 Å². The molecule has 2 fully saturated rings. The van der Waals surface area contributed by atoms with E-state index in [-0.39, 0.29) is 28.9 Å². The lowest BCUT2D eigenvalue weighted by atomic mass is 10.1. The van der Waals surface area contributed by atoms with E-state index in [0.29, 0.717) is 84.8 Å². The van der Waals surface area contributed by atoms with Crippen LogP contribution in [-0.2, 0) is 4.43 Å². The fourth-order valence-corrected chi connectivity index (χ4v) is 7.43. The Balaban J connectivity index is 1.28. The average Bonchev–Trinajstić information content (AvgIpc) is 3.67. The molecule has 2 amide bonds. The van der Waals surface area contributed by atoms with Gasteiger partial charge in [-0.2, -0.15) is 0 Å². The van der Waals surface area contributed by atoms with Gasteiger partial charge in [0.25, 0.3) is 11.8 Å². The Morgan fingerprint density at radius 1 is 0.769 bits per heavy atom. The van der Waals surface area contributed by atoms with E-state index in [4.69, 9.17) is 34.8 Å². The summed E-state index contributed by atoms with van der Waals surface area (Å²) in [4.78, 5) is 30.8. The van der Waals surface area contributed by atoms with Crippen molar-refractivity contribution in [1.29, 1.82) is 0 Å². The van der Waals surface area contributed by atoms with Crippen LogP contribution < -0.4 is 30.4 Å². The first-order valence-electron chi connectivity index (χ1n) is 18.3. The van der Waals surface area contributed by atoms with Gasteiger partial charge in [-0.15, -0.1) is 0 Å². The van der Waals surface area contributed by atoms with Crippen LogP contribution in [0.4, 0.5) is 11.4 Å². The van der Waals surface area contributed by atoms with Crippen LogP contribution in [0.25, 0.3) is 0 Å². The fraction of sp³-hybridized carbons (Fsp3) is 0.550. The van der Waals surface area contributed by atoms with Crippen LogP contribution >= 0.6 is 0 Å². The van der Waals surface area contributed by atoms with Crippen molar-refractivity contribution in [2.75, 3.05) is 58.6 Å². The summed E-state index contributed by atoms with van der Waals surface area (Å²) in [6, 6.07) is 6.67. The highest BCUT2D eigenvalue weighted by atomic mass is 28.4. The van der Waals surface area contributed by atoms with E-state index in [2.05, 4.69) is 53.9 Å². The molecule has 12 heteroatoms. The number of hydrogen-bond donors (Lipinski definition) is 2. The minimum atomic E-state index is -1.99. The fourth-order valence-electron chi connectivity index (χ4n) is 6.39. The number of nitrogen functional groups attached to an aromatic ring is 2. The third-order valence-electron chi connectivity index (χ3n) is 10.6. The molecule has 0 spiro atoms. The third kappa shape index (κ3) is 9.43. The summed E-state index contributed by atoms with van der Waals surface area (Å²) in [7, 11) is 1.11. The van der Waals surface area contributed by atoms with Gasteiger partial charge in [-0.3, -0.25) is 9.59 Å². The Kier molecular flexibility index (Phi) is 13.4. The summed E-state index contributed by atoms with van der Waals surface area (Å²) in [5.41, 5.74) is 16.3. The maximum absolute atomic E-state index is 13.8. The summed E-state index contributed by atoms with van der Waals surface area (Å²) >= 11 is 0. The highest BCUT2D eigenvalue weighted by Crippen LogP contribution is 2.39. The van der Waals surface area contributed by atoms with Crippen molar-refractivity contribution in [2.45, 2.75) is 96.4 Å². The van der Waals surface area contributed by atoms with Crippen molar-refractivity contribution in [3.8, 4) is 23.0 Å². The number of carbonyl (C=O) groups excluding carboxylic acids is 2. The summed E-state index contributed by atoms with van der Waals surface area (Å²) in [5, 5.41) is 0.0708. The van der Waals surface area contributed by atoms with Gasteiger partial charge in [0.05, 0.1) is 51.2 Å². The van der Waals surface area contributed by atoms with Crippen LogP contribution in [0.15, 0.2) is 48.6 Å². The minimum absolute atomic E-state index is 0.0708. The highest BCUT2D eigenvalue weighted by Gasteiger charge is 2.40. The predicted molar refractivity (Wildman–Crippen MR) is 210 cm³/mol. The summed E-state index contributed by atoms with van der Waals surface area (Å²) in [6.07, 6.45) is 4.71. The number of unbranched alkanes of at least 4 members (excludes halogenated alkanes) is 2. The maximum atomic E-state index is 13.8. The van der Waals surface area contributed by atoms with Crippen LogP contribution in [0.1, 0.15) is 86.9 Å². The SMILES string of the molecule is C=C1C[C@@H](CC)N(C(=O)c2cc(OC)c(OCCCCCOc3cc(N)c(C(=O)N4CC(=C)C[C@H]4CO[Si](C)(C)C(C)(C)C)cc3OC)cc2N)C1. The van der Waals surface area contributed by atoms with Crippen molar-refractivity contribution in [3.05, 3.63) is 59.7 Å². The van der Waals surface area contributed by atoms with E-state index in [9.17, 15) is 9.59 Å². The average molecular weight is 737 g/mol. The topological polar surface area (TPSA) is 139 Å². The molecular weight excluding hydrogens is 677 g/mol. The van der Waals surface area contributed by atoms with Crippen LogP contribution in [-0.4, -0.2) is 89.1 Å². The minimum Gasteiger partial charge on any atom is -0.493 e. The molecule has 2 saturated heterocycles. The molecule has 0 aromatic heterocycles. The molecule has 0 bridgehead atoms. The van der Waals surface area contributed by atoms with Crippen LogP contribution in [0.2, 0.25) is 18.1 Å². The summed E-state index contributed by atoms with van der Waals surface area (Å²) in [5.74, 6) is 1.58. The van der Waals surface area contributed by atoms with Crippen LogP contribution in [0, 0.1) is 0 Å². The van der Waals surface area contributed by atoms with Gasteiger partial charge in [-0.05, 0) is 68.8 Å². The lowest BCUT2D eigenvalue weighted by Gasteiger charge is -2.38. The predicted octanol–water partition coefficient (Wildman–Crippen LogP) is 7.47. The zero-order chi connectivity index (χ0) is 38.4. The van der Waals surface area contributed by atoms with Gasteiger partial charge in [-0.1, -0.05) is 52.0 Å². The molecule has 2 heterocycles. The van der Waals surface area contributed by atoms with Gasteiger partial charge in [0.1, 0.15) is 0 Å². The molecule has 4 N–H and O–H groups in total. The first kappa shape index (κ1) is 40.6. The molecule has 0 radical (unpaired) electrons. The molecule has 0 saturated carbocycles. The number of nitrogens with zero attached hydrogens (tertiary/aromatic N) is 2. The molecule has 0 aliphatic carbocycles. The number of methoxy groups -OCH3 is 2. The Labute approximate surface area is 311 Å². The van der Waals surface area contributed by atoms with Crippen molar-refractivity contribution >= 4 is 31.5 Å². The highest BCUT2D eigenvalue weighted by molar-refractivity contribution is 6.74. The van der Waals surface area contributed by atoms with E-state index in [1.54, 1.807) is 38.5 Å². The van der Waals surface area contributed by atoms with Gasteiger partial charge in [-0.25, -0.2) is 0 Å². The maximum Gasteiger partial charge on any atom is 0.256 e. The van der Waals surface area contributed by atoms with E-state index < -0.39 is 8.32 Å². The van der Waals surface area contributed by atoms with Crippen LogP contribution in [0.3, 0.4) is 0 Å². The largest absolute Gasteiger partial charge is 0.493 e. The lowest BCUT2D eigenvalue weighted by Crippen LogP contribution is -2.46. The Morgan fingerprint density at radius 2 is 1.21 bits per heavy atom. The Morgan fingerprint density at radius 3 is 1.63 bits per heavy atom. The molecule has 0 unspecified atom stereocenters. The van der Waals surface area contributed by atoms with E-state index in [0.717, 1.165) is 43.3 Å². The van der Waals surface area contributed by atoms with Crippen molar-refractivity contribution in [1.82, 2.24) is 9.80 Å². The van der Waals surface area contributed by atoms with Gasteiger partial charge in [0, 0.05) is 42.6 Å². The molecular formula is C40H60N4O7Si. The molecule has 2 atom stereocenters. The molecule has 2 aromatic rings. The van der Waals surface area contributed by atoms with E-state index in [1.807, 2.05) is 9.80 Å². The van der Waals surface area contributed by atoms with Gasteiger partial charge in [0.2, 0.25) is 0 Å². The standard InChI is InChI=1S/C40H60N4O7Si/c1-11-28-17-26(2)23-43(28)38(45)30-19-34(47-7)36(21-32(30)41)49-15-13-12-14-16-50-37-22-33(42)31(20-35(37)48-8)39(46)44-24-27(3)18-29(44)25-51-52(9,10)40(4,5)6/h19-22,28-29H,2-3,11-18,23-25,41-42H2,1,4-10H3/t28-,29+/m1/s1. The van der Waals surface area contributed by atoms with Gasteiger partial charge >= 0.3 is 0 Å². The number of carbonyl (C=O) groups is 2. The van der Waals surface area contributed by atoms with Crippen molar-refractivity contribution in [2.24, 2.45) is 0 Å². The molecule has 4 rings (SSSR count). The third-order valence-corrected chi connectivity index (χ3v) is 15.1. The zero-order valence-corrected chi connectivity index (χ0v) is 33.6. The summed E-state index contributed by atoms with van der Waals surface area (Å²) < 4.78 is 29.7. The molecule has 11 nitrogen and oxygen atoms in total. The molecule has 2 aromatic carbocycles. The van der Waals surface area contributed by atoms with Crippen molar-refractivity contribution in [3.63, 3.8) is 0 Å². The second-order valence-electron chi connectivity index (χ2n) is 15.5. The normalized spacial score (nSPS) is 17.8. The van der Waals surface area contributed by atoms with Crippen LogP contribution in [0.5, 0.6) is 23.0 Å². The lowest BCUT2D eigenvalue weighted by molar-refractivity contribution is 0.0685. The number of amides is 2. The molecule has 2 aliphatic heterocycles. The summed E-state index contributed by atoms with van der Waals surface area (Å²) in [6.45, 7) is 23.7. The number of rotatable bonds is 16. The number of ether oxygens (including phenoxy) is 4. The number of hydrogen-bond acceptors (Lipinski definition) is 9.